The first kappa shape index (κ1) is 17.7. The van der Waals surface area contributed by atoms with E-state index in [0.29, 0.717) is 12.2 Å². The normalized spacial score (nSPS) is 21.2. The molecule has 1 aliphatic carbocycles. The van der Waals surface area contributed by atoms with Gasteiger partial charge in [0.1, 0.15) is 0 Å². The zero-order valence-corrected chi connectivity index (χ0v) is 14.8. The highest BCUT2D eigenvalue weighted by molar-refractivity contribution is 5.94. The minimum absolute atomic E-state index is 0.0833. The first-order chi connectivity index (χ1) is 12.2. The zero-order chi connectivity index (χ0) is 17.6. The van der Waals surface area contributed by atoms with E-state index < -0.39 is 0 Å². The standard InChI is InChI=1S/C19H27N3O3/c1-25-17-10-5-11-22(13-17)19(24)21-16-9-4-8-15(12-16)20-18(23)14-6-2-3-7-14/h4,8-9,12,14,17H,2-3,5-7,10-11,13H2,1H3,(H,20,23)(H,21,24)/t17-/m1/s1. The Balaban J connectivity index is 1.57. The summed E-state index contributed by atoms with van der Waals surface area (Å²) in [5.41, 5.74) is 1.41. The van der Waals surface area contributed by atoms with Crippen LogP contribution in [0.15, 0.2) is 24.3 Å². The number of urea groups is 1. The summed E-state index contributed by atoms with van der Waals surface area (Å²) in [6, 6.07) is 7.21. The summed E-state index contributed by atoms with van der Waals surface area (Å²) in [5, 5.41) is 5.89. The minimum Gasteiger partial charge on any atom is -0.380 e. The van der Waals surface area contributed by atoms with Gasteiger partial charge in [0, 0.05) is 37.5 Å². The fourth-order valence-corrected chi connectivity index (χ4v) is 3.62. The Labute approximate surface area is 148 Å². The molecule has 2 fully saturated rings. The molecule has 1 aromatic rings. The summed E-state index contributed by atoms with van der Waals surface area (Å²) in [7, 11) is 1.68. The molecular formula is C19H27N3O3. The molecule has 2 aliphatic rings. The van der Waals surface area contributed by atoms with Crippen LogP contribution >= 0.6 is 0 Å². The van der Waals surface area contributed by atoms with Crippen molar-refractivity contribution in [3.05, 3.63) is 24.3 Å². The molecule has 1 aliphatic heterocycles. The number of anilines is 2. The number of hydrogen-bond acceptors (Lipinski definition) is 3. The van der Waals surface area contributed by atoms with Crippen molar-refractivity contribution in [1.82, 2.24) is 4.90 Å². The van der Waals surface area contributed by atoms with Gasteiger partial charge < -0.3 is 20.3 Å². The van der Waals surface area contributed by atoms with Gasteiger partial charge in [-0.05, 0) is 43.9 Å². The second-order valence-electron chi connectivity index (χ2n) is 6.93. The predicted molar refractivity (Wildman–Crippen MR) is 97.7 cm³/mol. The van der Waals surface area contributed by atoms with Gasteiger partial charge in [-0.3, -0.25) is 4.79 Å². The molecule has 0 spiro atoms. The van der Waals surface area contributed by atoms with Crippen molar-refractivity contribution in [2.45, 2.75) is 44.6 Å². The van der Waals surface area contributed by atoms with Crippen LogP contribution in [0.25, 0.3) is 0 Å². The Hall–Kier alpha value is -2.08. The molecular weight excluding hydrogens is 318 g/mol. The molecule has 3 rings (SSSR count). The van der Waals surface area contributed by atoms with Gasteiger partial charge in [0.15, 0.2) is 0 Å². The van der Waals surface area contributed by atoms with Crippen LogP contribution in [0.3, 0.4) is 0 Å². The molecule has 136 valence electrons. The van der Waals surface area contributed by atoms with E-state index in [1.165, 1.54) is 0 Å². The average Bonchev–Trinajstić information content (AvgIpc) is 3.17. The van der Waals surface area contributed by atoms with E-state index in [2.05, 4.69) is 10.6 Å². The summed E-state index contributed by atoms with van der Waals surface area (Å²) in [4.78, 5) is 26.5. The molecule has 3 amide bonds. The van der Waals surface area contributed by atoms with Crippen LogP contribution in [0.2, 0.25) is 0 Å². The van der Waals surface area contributed by atoms with E-state index in [0.717, 1.165) is 50.8 Å². The Bertz CT molecular complexity index is 614. The number of amides is 3. The number of likely N-dealkylation sites (tertiary alicyclic amines) is 1. The van der Waals surface area contributed by atoms with Crippen LogP contribution in [0.4, 0.5) is 16.2 Å². The predicted octanol–water partition coefficient (Wildman–Crippen LogP) is 3.46. The summed E-state index contributed by atoms with van der Waals surface area (Å²) in [6.07, 6.45) is 6.25. The summed E-state index contributed by atoms with van der Waals surface area (Å²) < 4.78 is 5.36. The highest BCUT2D eigenvalue weighted by Gasteiger charge is 2.24. The monoisotopic (exact) mass is 345 g/mol. The molecule has 6 heteroatoms. The number of piperidine rings is 1. The van der Waals surface area contributed by atoms with E-state index in [1.807, 2.05) is 24.3 Å². The Morgan fingerprint density at radius 2 is 1.80 bits per heavy atom. The zero-order valence-electron chi connectivity index (χ0n) is 14.8. The van der Waals surface area contributed by atoms with Crippen LogP contribution in [-0.4, -0.2) is 43.1 Å². The van der Waals surface area contributed by atoms with E-state index in [1.54, 1.807) is 12.0 Å². The van der Waals surface area contributed by atoms with Gasteiger partial charge in [-0.25, -0.2) is 4.79 Å². The van der Waals surface area contributed by atoms with Crippen molar-refractivity contribution in [2.75, 3.05) is 30.8 Å². The lowest BCUT2D eigenvalue weighted by Crippen LogP contribution is -2.44. The van der Waals surface area contributed by atoms with Crippen molar-refractivity contribution in [3.63, 3.8) is 0 Å². The van der Waals surface area contributed by atoms with Crippen molar-refractivity contribution < 1.29 is 14.3 Å². The molecule has 1 heterocycles. The molecule has 0 aromatic heterocycles. The Morgan fingerprint density at radius 1 is 1.08 bits per heavy atom. The molecule has 2 N–H and O–H groups in total. The van der Waals surface area contributed by atoms with Crippen molar-refractivity contribution in [1.29, 1.82) is 0 Å². The maximum Gasteiger partial charge on any atom is 0.321 e. The lowest BCUT2D eigenvalue weighted by atomic mass is 10.1. The van der Waals surface area contributed by atoms with Crippen molar-refractivity contribution in [2.24, 2.45) is 5.92 Å². The summed E-state index contributed by atoms with van der Waals surface area (Å²) in [5.74, 6) is 0.206. The largest absolute Gasteiger partial charge is 0.380 e. The number of hydrogen-bond donors (Lipinski definition) is 2. The molecule has 6 nitrogen and oxygen atoms in total. The fraction of sp³-hybridized carbons (Fsp3) is 0.579. The average molecular weight is 345 g/mol. The smallest absolute Gasteiger partial charge is 0.321 e. The molecule has 0 bridgehead atoms. The number of carbonyl (C=O) groups excluding carboxylic acids is 2. The number of carbonyl (C=O) groups is 2. The van der Waals surface area contributed by atoms with E-state index >= 15 is 0 Å². The second-order valence-corrected chi connectivity index (χ2v) is 6.93. The summed E-state index contributed by atoms with van der Waals surface area (Å²) >= 11 is 0. The third-order valence-corrected chi connectivity index (χ3v) is 5.11. The van der Waals surface area contributed by atoms with Crippen molar-refractivity contribution >= 4 is 23.3 Å². The van der Waals surface area contributed by atoms with E-state index in [4.69, 9.17) is 4.74 Å². The Morgan fingerprint density at radius 3 is 2.52 bits per heavy atom. The van der Waals surface area contributed by atoms with E-state index in [9.17, 15) is 9.59 Å². The van der Waals surface area contributed by atoms with Gasteiger partial charge >= 0.3 is 6.03 Å². The highest BCUT2D eigenvalue weighted by Crippen LogP contribution is 2.26. The van der Waals surface area contributed by atoms with Crippen LogP contribution in [-0.2, 0) is 9.53 Å². The molecule has 1 atom stereocenters. The SMILES string of the molecule is CO[C@@H]1CCCN(C(=O)Nc2cccc(NC(=O)C3CCCC3)c2)C1. The number of ether oxygens (including phenoxy) is 1. The molecule has 0 unspecified atom stereocenters. The van der Waals surface area contributed by atoms with Crippen LogP contribution in [0.1, 0.15) is 38.5 Å². The fourth-order valence-electron chi connectivity index (χ4n) is 3.62. The first-order valence-electron chi connectivity index (χ1n) is 9.15. The molecule has 1 saturated heterocycles. The van der Waals surface area contributed by atoms with Crippen LogP contribution in [0, 0.1) is 5.92 Å². The van der Waals surface area contributed by atoms with Crippen LogP contribution in [0.5, 0.6) is 0 Å². The molecule has 25 heavy (non-hydrogen) atoms. The van der Waals surface area contributed by atoms with Gasteiger partial charge in [0.2, 0.25) is 5.91 Å². The van der Waals surface area contributed by atoms with Gasteiger partial charge in [-0.2, -0.15) is 0 Å². The van der Waals surface area contributed by atoms with Gasteiger partial charge in [0.05, 0.1) is 6.10 Å². The quantitative estimate of drug-likeness (QED) is 0.878. The van der Waals surface area contributed by atoms with Crippen molar-refractivity contribution in [3.8, 4) is 0 Å². The minimum atomic E-state index is -0.124. The molecule has 1 aromatic carbocycles. The van der Waals surface area contributed by atoms with Gasteiger partial charge in [-0.15, -0.1) is 0 Å². The van der Waals surface area contributed by atoms with Crippen LogP contribution < -0.4 is 10.6 Å². The summed E-state index contributed by atoms with van der Waals surface area (Å²) in [6.45, 7) is 1.35. The maximum atomic E-state index is 12.4. The highest BCUT2D eigenvalue weighted by atomic mass is 16.5. The first-order valence-corrected chi connectivity index (χ1v) is 9.15. The topological polar surface area (TPSA) is 70.7 Å². The lowest BCUT2D eigenvalue weighted by molar-refractivity contribution is -0.119. The third kappa shape index (κ3) is 4.72. The van der Waals surface area contributed by atoms with Gasteiger partial charge in [0.25, 0.3) is 0 Å². The molecule has 0 radical (unpaired) electrons. The lowest BCUT2D eigenvalue weighted by Gasteiger charge is -2.31. The number of benzene rings is 1. The number of nitrogens with zero attached hydrogens (tertiary/aromatic N) is 1. The molecule has 1 saturated carbocycles. The Kier molecular flexibility index (Phi) is 5.91. The van der Waals surface area contributed by atoms with E-state index in [-0.39, 0.29) is 24.0 Å². The third-order valence-electron chi connectivity index (χ3n) is 5.11. The number of rotatable bonds is 4. The number of methoxy groups -OCH3 is 1. The second kappa shape index (κ2) is 8.34. The van der Waals surface area contributed by atoms with Gasteiger partial charge in [-0.1, -0.05) is 18.9 Å². The number of nitrogens with one attached hydrogen (secondary N) is 2. The maximum absolute atomic E-state index is 12.4.